The van der Waals surface area contributed by atoms with Gasteiger partial charge >= 0.3 is 0 Å². The maximum absolute atomic E-state index is 11.8. The highest BCUT2D eigenvalue weighted by Crippen LogP contribution is 2.31. The monoisotopic (exact) mass is 306 g/mol. The highest BCUT2D eigenvalue weighted by atomic mass is 35.5. The van der Waals surface area contributed by atoms with Gasteiger partial charge < -0.3 is 5.32 Å². The van der Waals surface area contributed by atoms with E-state index in [-0.39, 0.29) is 5.91 Å². The van der Waals surface area contributed by atoms with Crippen LogP contribution in [0.1, 0.15) is 20.2 Å². The van der Waals surface area contributed by atoms with E-state index in [9.17, 15) is 4.79 Å². The number of nitrogens with one attached hydrogen (secondary N) is 1. The number of halogens is 2. The topological polar surface area (TPSA) is 42.0 Å². The van der Waals surface area contributed by atoms with Crippen molar-refractivity contribution in [2.75, 3.05) is 0 Å². The Kier molecular flexibility index (Phi) is 4.04. The molecule has 90 valence electrons. The summed E-state index contributed by atoms with van der Waals surface area (Å²) >= 11 is 14.4. The highest BCUT2D eigenvalue weighted by molar-refractivity contribution is 7.20. The van der Waals surface area contributed by atoms with Crippen LogP contribution in [-0.2, 0) is 6.54 Å². The van der Waals surface area contributed by atoms with Crippen molar-refractivity contribution in [2.45, 2.75) is 13.5 Å². The first kappa shape index (κ1) is 12.8. The minimum Gasteiger partial charge on any atom is -0.347 e. The fraction of sp³-hybridized carbons (Fsp3) is 0.200. The molecule has 1 N–H and O–H groups in total. The van der Waals surface area contributed by atoms with Gasteiger partial charge in [0.1, 0.15) is 4.34 Å². The van der Waals surface area contributed by atoms with Crippen molar-refractivity contribution in [2.24, 2.45) is 0 Å². The van der Waals surface area contributed by atoms with Crippen LogP contribution in [0, 0.1) is 6.92 Å². The highest BCUT2D eigenvalue weighted by Gasteiger charge is 2.14. The largest absolute Gasteiger partial charge is 0.347 e. The fourth-order valence-corrected chi connectivity index (χ4v) is 3.44. The molecule has 0 radical (unpaired) electrons. The predicted octanol–water partition coefficient (Wildman–Crippen LogP) is 3.75. The van der Waals surface area contributed by atoms with E-state index in [4.69, 9.17) is 23.2 Å². The van der Waals surface area contributed by atoms with Gasteiger partial charge in [0.2, 0.25) is 0 Å². The molecule has 0 spiro atoms. The Morgan fingerprint density at radius 1 is 1.47 bits per heavy atom. The molecule has 2 aromatic rings. The molecule has 0 saturated carbocycles. The molecule has 0 atom stereocenters. The van der Waals surface area contributed by atoms with Crippen molar-refractivity contribution in [1.82, 2.24) is 10.3 Å². The lowest BCUT2D eigenvalue weighted by Gasteiger charge is -2.01. The molecule has 2 aromatic heterocycles. The van der Waals surface area contributed by atoms with Gasteiger partial charge in [0.15, 0.2) is 0 Å². The number of nitrogens with zero attached hydrogens (tertiary/aromatic N) is 1. The lowest BCUT2D eigenvalue weighted by atomic mass is 10.3. The normalized spacial score (nSPS) is 10.5. The van der Waals surface area contributed by atoms with Crippen LogP contribution in [0.4, 0.5) is 0 Å². The Morgan fingerprint density at radius 3 is 2.76 bits per heavy atom. The Labute approximate surface area is 116 Å². The average molecular weight is 307 g/mol. The van der Waals surface area contributed by atoms with Gasteiger partial charge in [-0.05, 0) is 13.0 Å². The zero-order valence-corrected chi connectivity index (χ0v) is 11.9. The van der Waals surface area contributed by atoms with Crippen LogP contribution in [0.3, 0.4) is 0 Å². The molecule has 0 aliphatic rings. The number of carbonyl (C=O) groups is 1. The van der Waals surface area contributed by atoms with Crippen LogP contribution in [0.25, 0.3) is 0 Å². The second-order valence-electron chi connectivity index (χ2n) is 3.27. The van der Waals surface area contributed by atoms with Gasteiger partial charge in [-0.15, -0.1) is 22.7 Å². The molecule has 7 heteroatoms. The molecule has 0 aliphatic carbocycles. The summed E-state index contributed by atoms with van der Waals surface area (Å²) in [5.74, 6) is -0.218. The van der Waals surface area contributed by atoms with Gasteiger partial charge in [0, 0.05) is 11.1 Å². The third kappa shape index (κ3) is 3.19. The number of carbonyl (C=O) groups excluding carboxylic acids is 1. The first-order valence-corrected chi connectivity index (χ1v) is 7.09. The number of aromatic nitrogens is 1. The standard InChI is InChI=1S/C10H8Cl2N2OS2/c1-5-13-3-6(16-5)4-14-10(15)7-2-8(11)17-9(7)12/h2-3H,4H2,1H3,(H,14,15). The summed E-state index contributed by atoms with van der Waals surface area (Å²) in [6.07, 6.45) is 1.75. The molecule has 0 fully saturated rings. The van der Waals surface area contributed by atoms with E-state index in [2.05, 4.69) is 10.3 Å². The van der Waals surface area contributed by atoms with Crippen LogP contribution < -0.4 is 5.32 Å². The Morgan fingerprint density at radius 2 is 2.24 bits per heavy atom. The SMILES string of the molecule is Cc1ncc(CNC(=O)c2cc(Cl)sc2Cl)s1. The van der Waals surface area contributed by atoms with E-state index in [0.29, 0.717) is 20.8 Å². The molecule has 3 nitrogen and oxygen atoms in total. The Bertz CT molecular complexity index is 550. The van der Waals surface area contributed by atoms with E-state index in [1.54, 1.807) is 23.6 Å². The van der Waals surface area contributed by atoms with Gasteiger partial charge in [0.05, 0.1) is 21.5 Å². The van der Waals surface area contributed by atoms with E-state index in [1.165, 1.54) is 11.3 Å². The van der Waals surface area contributed by atoms with Crippen molar-refractivity contribution in [3.63, 3.8) is 0 Å². The summed E-state index contributed by atoms with van der Waals surface area (Å²) < 4.78 is 0.918. The summed E-state index contributed by atoms with van der Waals surface area (Å²) in [5, 5.41) is 3.76. The first-order chi connectivity index (χ1) is 8.06. The average Bonchev–Trinajstić information content (AvgIpc) is 2.81. The van der Waals surface area contributed by atoms with Gasteiger partial charge in [-0.2, -0.15) is 0 Å². The number of thiazole rings is 1. The molecule has 2 rings (SSSR count). The molecule has 0 aliphatic heterocycles. The van der Waals surface area contributed by atoms with E-state index >= 15 is 0 Å². The van der Waals surface area contributed by atoms with Crippen LogP contribution >= 0.6 is 45.9 Å². The molecule has 0 aromatic carbocycles. The van der Waals surface area contributed by atoms with Gasteiger partial charge in [-0.1, -0.05) is 23.2 Å². The fourth-order valence-electron chi connectivity index (χ4n) is 1.24. The zero-order chi connectivity index (χ0) is 12.4. The van der Waals surface area contributed by atoms with Crippen LogP contribution in [0.2, 0.25) is 8.67 Å². The summed E-state index contributed by atoms with van der Waals surface area (Å²) in [7, 11) is 0. The third-order valence-corrected chi connectivity index (χ3v) is 4.39. The summed E-state index contributed by atoms with van der Waals surface area (Å²) in [5.41, 5.74) is 0.419. The third-order valence-electron chi connectivity index (χ3n) is 1.99. The van der Waals surface area contributed by atoms with Crippen molar-refractivity contribution in [3.8, 4) is 0 Å². The summed E-state index contributed by atoms with van der Waals surface area (Å²) in [4.78, 5) is 16.9. The second kappa shape index (κ2) is 5.35. The van der Waals surface area contributed by atoms with E-state index in [0.717, 1.165) is 9.88 Å². The smallest absolute Gasteiger partial charge is 0.254 e. The molecular weight excluding hydrogens is 299 g/mol. The number of aryl methyl sites for hydroxylation is 1. The number of rotatable bonds is 3. The Hall–Kier alpha value is -0.620. The van der Waals surface area contributed by atoms with Crippen LogP contribution in [0.5, 0.6) is 0 Å². The van der Waals surface area contributed by atoms with Crippen molar-refractivity contribution in [3.05, 3.63) is 36.4 Å². The van der Waals surface area contributed by atoms with Gasteiger partial charge in [-0.25, -0.2) is 4.98 Å². The minimum absolute atomic E-state index is 0.218. The number of hydrogen-bond donors (Lipinski definition) is 1. The van der Waals surface area contributed by atoms with E-state index in [1.807, 2.05) is 6.92 Å². The quantitative estimate of drug-likeness (QED) is 0.938. The predicted molar refractivity (Wildman–Crippen MR) is 72.4 cm³/mol. The lowest BCUT2D eigenvalue weighted by molar-refractivity contribution is 0.0952. The molecule has 1 amide bonds. The van der Waals surface area contributed by atoms with E-state index < -0.39 is 0 Å². The van der Waals surface area contributed by atoms with Crippen molar-refractivity contribution in [1.29, 1.82) is 0 Å². The molecule has 0 unspecified atom stereocenters. The van der Waals surface area contributed by atoms with Crippen molar-refractivity contribution < 1.29 is 4.79 Å². The minimum atomic E-state index is -0.218. The summed E-state index contributed by atoms with van der Waals surface area (Å²) in [6, 6.07) is 1.57. The Balaban J connectivity index is 2.00. The summed E-state index contributed by atoms with van der Waals surface area (Å²) in [6.45, 7) is 2.37. The number of amides is 1. The molecular formula is C10H8Cl2N2OS2. The van der Waals surface area contributed by atoms with Crippen molar-refractivity contribution >= 4 is 51.8 Å². The molecule has 2 heterocycles. The second-order valence-corrected chi connectivity index (χ2v) is 6.87. The van der Waals surface area contributed by atoms with Gasteiger partial charge in [-0.3, -0.25) is 4.79 Å². The molecule has 0 bridgehead atoms. The maximum Gasteiger partial charge on any atom is 0.254 e. The zero-order valence-electron chi connectivity index (χ0n) is 8.79. The molecule has 17 heavy (non-hydrogen) atoms. The lowest BCUT2D eigenvalue weighted by Crippen LogP contribution is -2.21. The number of hydrogen-bond acceptors (Lipinski definition) is 4. The van der Waals surface area contributed by atoms with Gasteiger partial charge in [0.25, 0.3) is 5.91 Å². The molecule has 0 saturated heterocycles. The number of thiophene rings is 1. The van der Waals surface area contributed by atoms with Crippen LogP contribution in [-0.4, -0.2) is 10.9 Å². The first-order valence-electron chi connectivity index (χ1n) is 4.70. The maximum atomic E-state index is 11.8. The van der Waals surface area contributed by atoms with Crippen LogP contribution in [0.15, 0.2) is 12.3 Å².